The molecule has 0 atom stereocenters. The van der Waals surface area contributed by atoms with E-state index in [0.29, 0.717) is 0 Å². The van der Waals surface area contributed by atoms with Crippen molar-refractivity contribution in [2.75, 3.05) is 0 Å². The predicted octanol–water partition coefficient (Wildman–Crippen LogP) is -5.42. The Morgan fingerprint density at radius 1 is 1.43 bits per heavy atom. The van der Waals surface area contributed by atoms with Gasteiger partial charge in [0.2, 0.25) is 0 Å². The van der Waals surface area contributed by atoms with E-state index in [1.54, 1.807) is 0 Å². The third-order valence-electron chi connectivity index (χ3n) is 0. The summed E-state index contributed by atoms with van der Waals surface area (Å²) in [4.78, 5) is 8.81. The van der Waals surface area contributed by atoms with Crippen LogP contribution in [-0.4, -0.2) is 14.7 Å². The Morgan fingerprint density at radius 3 is 1.43 bits per heavy atom. The summed E-state index contributed by atoms with van der Waals surface area (Å²) in [5, 5.41) is 0. The molecule has 0 aliphatic rings. The van der Waals surface area contributed by atoms with Gasteiger partial charge < -0.3 is 4.79 Å². The molecule has 0 aliphatic carbocycles. The van der Waals surface area contributed by atoms with E-state index in [-0.39, 0.29) is 38.0 Å². The Morgan fingerprint density at radius 2 is 1.43 bits per heavy atom. The summed E-state index contributed by atoms with van der Waals surface area (Å²) < 4.78 is 0. The average molecular weight is 114 g/mol. The summed E-state index contributed by atoms with van der Waals surface area (Å²) in [6.07, 6.45) is 0.750. The van der Waals surface area contributed by atoms with E-state index in [0.717, 1.165) is 6.29 Å². The number of hydrogen-bond acceptors (Lipinski definition) is 3. The molecule has 0 aliphatic heterocycles. The summed E-state index contributed by atoms with van der Waals surface area (Å²) in [6.45, 7) is 1.44. The second-order valence-corrected chi connectivity index (χ2v) is 0.236. The van der Waals surface area contributed by atoms with Gasteiger partial charge in [-0.3, -0.25) is 11.7 Å². The van der Waals surface area contributed by atoms with Gasteiger partial charge in [0.1, 0.15) is 6.29 Å². The van der Waals surface area contributed by atoms with E-state index in [4.69, 9.17) is 4.79 Å². The van der Waals surface area contributed by atoms with Crippen molar-refractivity contribution in [3.05, 3.63) is 0 Å². The number of aldehydes is 1. The molecule has 0 saturated carbocycles. The van der Waals surface area contributed by atoms with Crippen LogP contribution >= 0.6 is 0 Å². The Balaban J connectivity index is -0.0000000105. The van der Waals surface area contributed by atoms with Crippen LogP contribution in [-0.2, 0) is 4.79 Å². The van der Waals surface area contributed by atoms with Crippen LogP contribution in [0.15, 0.2) is 0 Å². The van der Waals surface area contributed by atoms with Gasteiger partial charge in [-0.05, 0) is 6.92 Å². The van der Waals surface area contributed by atoms with Gasteiger partial charge in [-0.2, -0.15) is 0 Å². The van der Waals surface area contributed by atoms with Crippen molar-refractivity contribution < 1.29 is 34.4 Å². The van der Waals surface area contributed by atoms with Crippen LogP contribution < -0.4 is 41.2 Å². The molecule has 5 heteroatoms. The molecule has 40 valence electrons. The number of hydrogen-bond donors (Lipinski definition) is 2. The minimum atomic E-state index is 0. The van der Waals surface area contributed by atoms with Crippen LogP contribution in [0.25, 0.3) is 0 Å². The van der Waals surface area contributed by atoms with E-state index >= 15 is 0 Å². The fourth-order valence-electron chi connectivity index (χ4n) is 0. The van der Waals surface area contributed by atoms with Crippen molar-refractivity contribution in [1.29, 1.82) is 0 Å². The van der Waals surface area contributed by atoms with Gasteiger partial charge in [0, 0.05) is 0 Å². The smallest absolute Gasteiger partial charge is 0.304 e. The van der Waals surface area contributed by atoms with Crippen LogP contribution in [0, 0.1) is 0 Å². The van der Waals surface area contributed by atoms with Crippen molar-refractivity contribution in [3.63, 3.8) is 0 Å². The SMILES string of the molecule is CC=O.NN.[BH4-].[Na+]. The molecule has 0 bridgehead atoms. The quantitative estimate of drug-likeness (QED) is 0.143. The van der Waals surface area contributed by atoms with E-state index < -0.39 is 0 Å². The summed E-state index contributed by atoms with van der Waals surface area (Å²) in [6, 6.07) is 0. The summed E-state index contributed by atoms with van der Waals surface area (Å²) in [5.74, 6) is 8.00. The number of carbonyl (C=O) groups is 1. The molecule has 0 fully saturated rings. The molecular formula is C2H12BN2NaO. The maximum Gasteiger partial charge on any atom is 1.00 e. The first-order valence-corrected chi connectivity index (χ1v) is 1.15. The van der Waals surface area contributed by atoms with Gasteiger partial charge in [-0.1, -0.05) is 8.41 Å². The van der Waals surface area contributed by atoms with Crippen molar-refractivity contribution in [2.24, 2.45) is 11.7 Å². The van der Waals surface area contributed by atoms with Crippen molar-refractivity contribution in [1.82, 2.24) is 0 Å². The molecule has 4 N–H and O–H groups in total. The maximum absolute atomic E-state index is 8.81. The van der Waals surface area contributed by atoms with Gasteiger partial charge in [-0.25, -0.2) is 0 Å². The van der Waals surface area contributed by atoms with Crippen molar-refractivity contribution in [2.45, 2.75) is 6.92 Å². The molecule has 0 aromatic carbocycles. The van der Waals surface area contributed by atoms with Gasteiger partial charge in [0.05, 0.1) is 0 Å². The van der Waals surface area contributed by atoms with E-state index in [2.05, 4.69) is 11.7 Å². The number of nitrogens with two attached hydrogens (primary N) is 2. The minimum Gasteiger partial charge on any atom is -0.304 e. The molecule has 0 heterocycles. The first kappa shape index (κ1) is 25.4. The van der Waals surface area contributed by atoms with E-state index in [9.17, 15) is 0 Å². The van der Waals surface area contributed by atoms with Crippen LogP contribution in [0.4, 0.5) is 0 Å². The zero-order valence-electron chi connectivity index (χ0n) is 4.14. The zero-order valence-corrected chi connectivity index (χ0v) is 6.14. The second-order valence-electron chi connectivity index (χ2n) is 0.236. The zero-order chi connectivity index (χ0) is 4.71. The predicted molar refractivity (Wildman–Crippen MR) is 31.4 cm³/mol. The second kappa shape index (κ2) is 77.7. The third-order valence-corrected chi connectivity index (χ3v) is 0. The summed E-state index contributed by atoms with van der Waals surface area (Å²) in [5.41, 5.74) is 0. The maximum atomic E-state index is 8.81. The molecule has 0 aromatic rings. The first-order valence-electron chi connectivity index (χ1n) is 1.15. The Hall–Kier alpha value is 0.655. The fraction of sp³-hybridized carbons (Fsp3) is 0.500. The molecule has 0 amide bonds. The van der Waals surface area contributed by atoms with Gasteiger partial charge in [0.25, 0.3) is 0 Å². The van der Waals surface area contributed by atoms with Crippen LogP contribution in [0.5, 0.6) is 0 Å². The molecule has 0 radical (unpaired) electrons. The van der Waals surface area contributed by atoms with Crippen LogP contribution in [0.3, 0.4) is 0 Å². The third kappa shape index (κ3) is 336. The number of carbonyl (C=O) groups excluding carboxylic acids is 1. The fourth-order valence-corrected chi connectivity index (χ4v) is 0. The van der Waals surface area contributed by atoms with E-state index in [1.807, 2.05) is 0 Å². The molecule has 0 rings (SSSR count). The van der Waals surface area contributed by atoms with Crippen molar-refractivity contribution in [3.8, 4) is 0 Å². The normalized spacial score (nSPS) is 2.71. The molecule has 7 heavy (non-hydrogen) atoms. The average Bonchev–Trinajstić information content (AvgIpc) is 1.46. The Labute approximate surface area is 67.7 Å². The minimum absolute atomic E-state index is 0. The standard InChI is InChI=1S/C2H4O.BH4.H4N2.Na/c1-2-3;;1-2;/h2H,1H3;1H4;1-2H2;/q;-1;;+1. The van der Waals surface area contributed by atoms with Gasteiger partial charge in [-0.15, -0.1) is 0 Å². The monoisotopic (exact) mass is 114 g/mol. The Kier molecular flexibility index (Phi) is 282. The Bertz CT molecular complexity index is 23.2. The summed E-state index contributed by atoms with van der Waals surface area (Å²) in [7, 11) is 0. The largest absolute Gasteiger partial charge is 1.00 e. The molecule has 0 unspecified atom stereocenters. The van der Waals surface area contributed by atoms with Gasteiger partial charge in [0.15, 0.2) is 0 Å². The molecular weight excluding hydrogens is 102 g/mol. The number of hydrazine groups is 1. The molecule has 0 saturated heterocycles. The summed E-state index contributed by atoms with van der Waals surface area (Å²) >= 11 is 0. The van der Waals surface area contributed by atoms with E-state index in [1.165, 1.54) is 6.92 Å². The van der Waals surface area contributed by atoms with Crippen molar-refractivity contribution >= 4 is 14.7 Å². The van der Waals surface area contributed by atoms with Crippen LogP contribution in [0.2, 0.25) is 0 Å². The molecule has 3 nitrogen and oxygen atoms in total. The topological polar surface area (TPSA) is 69.1 Å². The molecule has 0 spiro atoms. The first-order chi connectivity index (χ1) is 2.41. The van der Waals surface area contributed by atoms with Gasteiger partial charge >= 0.3 is 29.6 Å². The van der Waals surface area contributed by atoms with Crippen LogP contribution in [0.1, 0.15) is 6.92 Å². The number of rotatable bonds is 0. The molecule has 0 aromatic heterocycles.